The van der Waals surface area contributed by atoms with Crippen LogP contribution in [0.5, 0.6) is 0 Å². The van der Waals surface area contributed by atoms with Gasteiger partial charge in [0.25, 0.3) is 0 Å². The summed E-state index contributed by atoms with van der Waals surface area (Å²) >= 11 is 5.98. The predicted octanol–water partition coefficient (Wildman–Crippen LogP) is 18.9. The zero-order valence-electron chi connectivity index (χ0n) is 49.6. The fraction of sp³-hybridized carbons (Fsp3) is 0.0244. The summed E-state index contributed by atoms with van der Waals surface area (Å²) in [6.45, 7) is 5.41. The Morgan fingerprint density at radius 1 is 0.309 bits per heavy atom. The van der Waals surface area contributed by atoms with Crippen molar-refractivity contribution in [3.63, 3.8) is 0 Å². The quantitative estimate of drug-likeness (QED) is 0.0750. The summed E-state index contributed by atoms with van der Waals surface area (Å²) in [7, 11) is 0. The number of hydrogen-bond donors (Lipinski definition) is 0. The molecule has 8 nitrogen and oxygen atoms in total. The number of thiophene rings is 4. The van der Waals surface area contributed by atoms with E-state index >= 15 is 0 Å². The maximum atomic E-state index is 13.7. The zero-order valence-corrected chi connectivity index (χ0v) is 52.9. The van der Waals surface area contributed by atoms with Crippen LogP contribution in [-0.4, -0.2) is 46.3 Å². The Bertz CT molecular complexity index is 5170. The van der Waals surface area contributed by atoms with E-state index in [0.29, 0.717) is 44.5 Å². The van der Waals surface area contributed by atoms with Gasteiger partial charge in [-0.25, -0.2) is 0 Å². The monoisotopic (exact) mass is 1280 g/mol. The number of allylic oxidation sites excluding steroid dienone is 9. The lowest BCUT2D eigenvalue weighted by Crippen LogP contribution is -2.26. The molecule has 6 aliphatic carbocycles. The molecule has 11 aromatic rings. The van der Waals surface area contributed by atoms with Crippen molar-refractivity contribution in [2.45, 2.75) is 12.3 Å². The van der Waals surface area contributed by atoms with E-state index in [4.69, 9.17) is 0 Å². The van der Waals surface area contributed by atoms with Crippen molar-refractivity contribution in [3.05, 3.63) is 328 Å². The predicted molar refractivity (Wildman–Crippen MR) is 375 cm³/mol. The van der Waals surface area contributed by atoms with Gasteiger partial charge < -0.3 is 0 Å². The second-order valence-corrected chi connectivity index (χ2v) is 28.2. The summed E-state index contributed by atoms with van der Waals surface area (Å²) in [4.78, 5) is 116. The molecule has 1 spiro atoms. The number of ketones is 8. The lowest BCUT2D eigenvalue weighted by Gasteiger charge is -2.31. The number of carbonyl (C=O) groups is 8. The van der Waals surface area contributed by atoms with Crippen LogP contribution in [0.25, 0.3) is 88.3 Å². The first-order valence-corrected chi connectivity index (χ1v) is 33.5. The highest BCUT2D eigenvalue weighted by atomic mass is 32.1. The van der Waals surface area contributed by atoms with Crippen molar-refractivity contribution in [1.82, 2.24) is 0 Å². The minimum Gasteiger partial charge on any atom is -0.289 e. The second kappa shape index (κ2) is 21.5. The fourth-order valence-corrected chi connectivity index (χ4v) is 18.0. The molecule has 0 bridgehead atoms. The van der Waals surface area contributed by atoms with Crippen LogP contribution in [0.4, 0.5) is 0 Å². The number of rotatable bonds is 10. The van der Waals surface area contributed by atoms with Crippen LogP contribution in [0.3, 0.4) is 0 Å². The second-order valence-electron chi connectivity index (χ2n) is 23.7. The molecule has 0 N–H and O–H groups in total. The number of hydrogen-bond acceptors (Lipinski definition) is 12. The van der Waals surface area contributed by atoms with Crippen molar-refractivity contribution in [1.29, 1.82) is 0 Å². The number of carbonyl (C=O) groups excluding carboxylic acids is 8. The largest absolute Gasteiger partial charge is 0.289 e. The molecule has 0 aliphatic heterocycles. The van der Waals surface area contributed by atoms with E-state index in [1.165, 1.54) is 45.3 Å². The van der Waals surface area contributed by atoms with Gasteiger partial charge in [-0.05, 0) is 171 Å². The molecule has 12 heteroatoms. The molecule has 4 heterocycles. The van der Waals surface area contributed by atoms with Gasteiger partial charge in [0.2, 0.25) is 0 Å². The highest BCUT2D eigenvalue weighted by Crippen LogP contribution is 2.65. The fourth-order valence-electron chi connectivity index (χ4n) is 14.2. The molecule has 0 fully saturated rings. The van der Waals surface area contributed by atoms with Crippen LogP contribution >= 0.6 is 45.3 Å². The number of benzene rings is 7. The summed E-state index contributed by atoms with van der Waals surface area (Å²) in [5.74, 6) is -2.39. The van der Waals surface area contributed by atoms with E-state index in [1.807, 2.05) is 48.5 Å². The van der Waals surface area contributed by atoms with E-state index in [2.05, 4.69) is 79.4 Å². The summed E-state index contributed by atoms with van der Waals surface area (Å²) < 4.78 is 0. The van der Waals surface area contributed by atoms with Crippen molar-refractivity contribution < 1.29 is 38.4 Å². The minimum atomic E-state index is -1.000. The standard InChI is InChI=1S/C82H44O8S4/c1-3-4-11-51-42(2)74(83)62(75(51)84)38-47-22-30-70(91-47)43-18-26-52-53-27-19-44(71-31-23-48(92-71)39-63-76(85)56-12-5-6-13-57(56)77(63)86)35-67(53)82(66(52)34-43)68-36-45(72-32-24-49(93-72)40-64-78(87)58-14-7-8-15-59(58)79(64)88)20-28-54(68)55-29-21-46(37-69(55)82)73-33-25-50(94-73)41-65-80(89)60-16-9-10-17-61(60)81(65)90/h3-41H,1H2,2H3. The lowest BCUT2D eigenvalue weighted by molar-refractivity contribution is -0.115. The van der Waals surface area contributed by atoms with Crippen molar-refractivity contribution in [2.24, 2.45) is 0 Å². The van der Waals surface area contributed by atoms with Crippen LogP contribution in [-0.2, 0) is 15.0 Å². The van der Waals surface area contributed by atoms with Crippen molar-refractivity contribution in [3.8, 4) is 64.0 Å². The highest BCUT2D eigenvalue weighted by Gasteiger charge is 2.53. The van der Waals surface area contributed by atoms with Gasteiger partial charge in [-0.1, -0.05) is 146 Å². The molecular weight excluding hydrogens is 1240 g/mol. The smallest absolute Gasteiger partial charge is 0.197 e. The SMILES string of the molecule is C=CC=CC1=C(C)C(=O)C(=Cc2ccc(-c3ccc4c(c3)C3(c5cc(-c6ccc(C=C7C(=O)c8ccccc8C7=O)s6)ccc5-4)c4cc(-c5ccc(C=C6C(=O)c7ccccc7C6=O)s5)ccc4-c4ccc(-c5ccc(C=C6C(=O)c7ccccc7C6=O)s5)cc43)s2)C1=O. The van der Waals surface area contributed by atoms with E-state index in [-0.39, 0.29) is 68.6 Å². The third-order valence-electron chi connectivity index (χ3n) is 18.7. The van der Waals surface area contributed by atoms with Crippen LogP contribution in [0, 0.1) is 0 Å². The topological polar surface area (TPSA) is 137 Å². The first-order valence-electron chi connectivity index (χ1n) is 30.3. The van der Waals surface area contributed by atoms with Crippen LogP contribution in [0.2, 0.25) is 0 Å². The number of Topliss-reactive ketones (excluding diaryl/α,β-unsaturated/α-hetero) is 8. The average Bonchev–Trinajstić information content (AvgIpc) is 1.50. The third-order valence-corrected chi connectivity index (χ3v) is 23.0. The molecule has 7 aromatic carbocycles. The summed E-state index contributed by atoms with van der Waals surface area (Å²) in [6.07, 6.45) is 11.7. The van der Waals surface area contributed by atoms with Crippen molar-refractivity contribution in [2.75, 3.05) is 0 Å². The normalized spacial score (nSPS) is 15.9. The average molecular weight is 1290 g/mol. The molecule has 6 aliphatic rings. The first kappa shape index (κ1) is 56.8. The molecule has 0 amide bonds. The van der Waals surface area contributed by atoms with E-state index in [9.17, 15) is 38.4 Å². The van der Waals surface area contributed by atoms with Crippen LogP contribution in [0.15, 0.2) is 252 Å². The molecule has 0 atom stereocenters. The number of fused-ring (bicyclic) bond motifs is 13. The Balaban J connectivity index is 0.843. The van der Waals surface area contributed by atoms with Crippen molar-refractivity contribution >= 4 is 116 Å². The van der Waals surface area contributed by atoms with Gasteiger partial charge in [0, 0.05) is 83.5 Å². The Morgan fingerprint density at radius 2 is 0.574 bits per heavy atom. The molecule has 0 saturated carbocycles. The molecule has 4 aromatic heterocycles. The zero-order chi connectivity index (χ0) is 64.0. The molecule has 94 heavy (non-hydrogen) atoms. The van der Waals surface area contributed by atoms with Gasteiger partial charge in [0.15, 0.2) is 46.3 Å². The Morgan fingerprint density at radius 3 is 0.840 bits per heavy atom. The Labute approximate surface area is 554 Å². The minimum absolute atomic E-state index is 0.112. The van der Waals surface area contributed by atoms with Gasteiger partial charge in [0.05, 0.1) is 27.7 Å². The summed E-state index contributed by atoms with van der Waals surface area (Å²) in [6, 6.07) is 63.0. The Hall–Kier alpha value is -11.1. The highest BCUT2D eigenvalue weighted by molar-refractivity contribution is 7.17. The van der Waals surface area contributed by atoms with Gasteiger partial charge in [0.1, 0.15) is 0 Å². The summed E-state index contributed by atoms with van der Waals surface area (Å²) in [5, 5.41) is 0. The molecule has 0 saturated heterocycles. The first-order chi connectivity index (χ1) is 45.7. The van der Waals surface area contributed by atoms with Gasteiger partial charge in [-0.3, -0.25) is 38.4 Å². The third kappa shape index (κ3) is 8.54. The molecule has 0 radical (unpaired) electrons. The molecule has 444 valence electrons. The van der Waals surface area contributed by atoms with E-state index < -0.39 is 5.41 Å². The Kier molecular flexibility index (Phi) is 13.0. The molecule has 0 unspecified atom stereocenters. The van der Waals surface area contributed by atoms with E-state index in [0.717, 1.165) is 106 Å². The van der Waals surface area contributed by atoms with Crippen LogP contribution < -0.4 is 0 Å². The van der Waals surface area contributed by atoms with Crippen LogP contribution in [0.1, 0.15) is 111 Å². The molecule has 17 rings (SSSR count). The lowest BCUT2D eigenvalue weighted by atomic mass is 9.69. The van der Waals surface area contributed by atoms with Gasteiger partial charge in [-0.15, -0.1) is 45.3 Å². The maximum absolute atomic E-state index is 13.7. The maximum Gasteiger partial charge on any atom is 0.197 e. The van der Waals surface area contributed by atoms with Gasteiger partial charge >= 0.3 is 0 Å². The van der Waals surface area contributed by atoms with Gasteiger partial charge in [-0.2, -0.15) is 0 Å². The summed E-state index contributed by atoms with van der Waals surface area (Å²) in [5.41, 5.74) is 14.6. The molecular formula is C82H44O8S4. The van der Waals surface area contributed by atoms with E-state index in [1.54, 1.807) is 122 Å².